The van der Waals surface area contributed by atoms with Crippen molar-refractivity contribution >= 4 is 48.5 Å². The van der Waals surface area contributed by atoms with Crippen LogP contribution in [0.2, 0.25) is 5.04 Å². The van der Waals surface area contributed by atoms with Gasteiger partial charge in [0.15, 0.2) is 12.4 Å². The zero-order chi connectivity index (χ0) is 68.5. The molecule has 7 atom stereocenters. The van der Waals surface area contributed by atoms with E-state index in [-0.39, 0.29) is 35.6 Å². The number of ether oxygens (including phenoxy) is 6. The van der Waals surface area contributed by atoms with Gasteiger partial charge in [0.2, 0.25) is 5.91 Å². The number of unbranched alkanes of at least 4 members (excludes halogenated alkanes) is 25. The van der Waals surface area contributed by atoms with E-state index in [0.717, 1.165) is 55.3 Å². The molecule has 0 bridgehead atoms. The molecule has 524 valence electrons. The summed E-state index contributed by atoms with van der Waals surface area (Å²) in [5, 5.41) is 5.07. The molecule has 96 heavy (non-hydrogen) atoms. The zero-order valence-corrected chi connectivity index (χ0v) is 59.9. The van der Waals surface area contributed by atoms with Crippen LogP contribution in [0.1, 0.15) is 252 Å². The third-order valence-electron chi connectivity index (χ3n) is 18.5. The van der Waals surface area contributed by atoms with Crippen molar-refractivity contribution in [3.05, 3.63) is 181 Å². The molecule has 0 spiro atoms. The van der Waals surface area contributed by atoms with Crippen molar-refractivity contribution in [1.29, 1.82) is 0 Å². The Balaban J connectivity index is 1.38. The molecule has 1 N–H and O–H groups in total. The van der Waals surface area contributed by atoms with Crippen LogP contribution in [-0.4, -0.2) is 95.2 Å². The Morgan fingerprint density at radius 1 is 0.510 bits per heavy atom. The minimum Gasteiger partial charge on any atom is -0.469 e. The summed E-state index contributed by atoms with van der Waals surface area (Å²) in [6, 6.07) is 45.1. The van der Waals surface area contributed by atoms with Crippen LogP contribution in [0.5, 0.6) is 0 Å². The second-order valence-electron chi connectivity index (χ2n) is 27.1. The highest BCUT2D eigenvalue weighted by Gasteiger charge is 2.54. The standard InChI is InChI=1S/C82H115NO12Si/c1-7-9-11-13-15-17-19-21-22-24-26-28-30-32-49-61-74(84)83-71(72(60-48-31-29-27-25-23-20-18-16-14-12-10-8-2)95-96(82(3,4)5,68-56-44-36-45-57-68)69-58-46-37-47-59-69)63-91-81-77(94-80(88)67-54-42-35-43-55-67)70(62-75(85)89-6)76(93-79(87)66-52-40-34-41-53-66)73(92-81)64-90-78(86)65-50-38-33-39-51-65/h33-48,50-60,70-73,76-77,81H,7-32,49,61-64H2,1-6H3,(H,83,84)/b60-48+/t70-,71-,72+,73+,76+,77+,81+/m0/s1. The largest absolute Gasteiger partial charge is 0.469 e. The third-order valence-corrected chi connectivity index (χ3v) is 23.6. The van der Waals surface area contributed by atoms with Crippen molar-refractivity contribution in [1.82, 2.24) is 5.32 Å². The molecule has 1 amide bonds. The number of hydrogen-bond donors (Lipinski definition) is 1. The smallest absolute Gasteiger partial charge is 0.338 e. The predicted molar refractivity (Wildman–Crippen MR) is 387 cm³/mol. The van der Waals surface area contributed by atoms with Crippen molar-refractivity contribution < 1.29 is 56.8 Å². The number of amides is 1. The fourth-order valence-electron chi connectivity index (χ4n) is 13.1. The van der Waals surface area contributed by atoms with Crippen molar-refractivity contribution in [2.24, 2.45) is 5.92 Å². The van der Waals surface area contributed by atoms with E-state index in [1.54, 1.807) is 91.0 Å². The average Bonchev–Trinajstić information content (AvgIpc) is 0.746. The Bertz CT molecular complexity index is 2920. The molecule has 5 aromatic rings. The summed E-state index contributed by atoms with van der Waals surface area (Å²) in [5.41, 5.74) is 0.679. The van der Waals surface area contributed by atoms with Gasteiger partial charge >= 0.3 is 23.9 Å². The molecule has 0 radical (unpaired) electrons. The molecular weight excluding hydrogens is 1220 g/mol. The van der Waals surface area contributed by atoms with Gasteiger partial charge in [0.05, 0.1) is 54.9 Å². The maximum Gasteiger partial charge on any atom is 0.338 e. The van der Waals surface area contributed by atoms with Crippen molar-refractivity contribution in [2.75, 3.05) is 20.3 Å². The molecule has 1 heterocycles. The predicted octanol–water partition coefficient (Wildman–Crippen LogP) is 18.2. The van der Waals surface area contributed by atoms with Gasteiger partial charge < -0.3 is 38.2 Å². The Hall–Kier alpha value is -6.71. The van der Waals surface area contributed by atoms with Crippen LogP contribution >= 0.6 is 0 Å². The summed E-state index contributed by atoms with van der Waals surface area (Å²) in [4.78, 5) is 71.4. The minimum absolute atomic E-state index is 0.174. The molecule has 1 aliphatic heterocycles. The van der Waals surface area contributed by atoms with Crippen LogP contribution < -0.4 is 15.7 Å². The number of nitrogens with one attached hydrogen (secondary N) is 1. The van der Waals surface area contributed by atoms with Crippen LogP contribution in [-0.2, 0) is 42.4 Å². The molecule has 5 aromatic carbocycles. The summed E-state index contributed by atoms with van der Waals surface area (Å²) in [6.45, 7) is 10.5. The van der Waals surface area contributed by atoms with E-state index in [1.807, 2.05) is 36.4 Å². The fraction of sp³-hybridized carbons (Fsp3) is 0.549. The Morgan fingerprint density at radius 2 is 0.906 bits per heavy atom. The maximum atomic E-state index is 14.9. The first kappa shape index (κ1) is 78.3. The lowest BCUT2D eigenvalue weighted by atomic mass is 9.85. The lowest BCUT2D eigenvalue weighted by molar-refractivity contribution is -0.290. The van der Waals surface area contributed by atoms with Gasteiger partial charge in [-0.25, -0.2) is 14.4 Å². The molecule has 1 saturated heterocycles. The first-order valence-corrected chi connectivity index (χ1v) is 38.5. The normalized spacial score (nSPS) is 17.1. The van der Waals surface area contributed by atoms with Crippen LogP contribution in [0, 0.1) is 5.92 Å². The quantitative estimate of drug-likeness (QED) is 0.0129. The van der Waals surface area contributed by atoms with Gasteiger partial charge in [0.1, 0.15) is 18.8 Å². The highest BCUT2D eigenvalue weighted by atomic mass is 28.4. The topological polar surface area (TPSA) is 162 Å². The summed E-state index contributed by atoms with van der Waals surface area (Å²) >= 11 is 0. The summed E-state index contributed by atoms with van der Waals surface area (Å²) in [5.74, 6) is -4.27. The molecule has 0 saturated carbocycles. The molecule has 0 aromatic heterocycles. The number of esters is 4. The average molecular weight is 1330 g/mol. The Morgan fingerprint density at radius 3 is 1.33 bits per heavy atom. The summed E-state index contributed by atoms with van der Waals surface area (Å²) < 4.78 is 46.2. The summed E-state index contributed by atoms with van der Waals surface area (Å²) in [7, 11) is -2.15. The van der Waals surface area contributed by atoms with Crippen molar-refractivity contribution in [3.8, 4) is 0 Å². The second-order valence-corrected chi connectivity index (χ2v) is 31.4. The SMILES string of the molecule is CCCCCCCCCCCCC/C=C/[C@@H](O[Si](c1ccccc1)(c1ccccc1)C(C)(C)C)[C@H](CO[C@@H]1O[C@H](COC(=O)c2ccccc2)[C@H](OC(=O)c2ccccc2)[C@H](CC(=O)OC)[C@H]1OC(=O)c1ccccc1)NC(=O)CCCCCCCCCCCCCCCCC. The van der Waals surface area contributed by atoms with E-state index in [1.165, 1.54) is 129 Å². The molecule has 13 nitrogen and oxygen atoms in total. The Labute approximate surface area is 577 Å². The lowest BCUT2D eigenvalue weighted by Crippen LogP contribution is -2.69. The third kappa shape index (κ3) is 27.0. The van der Waals surface area contributed by atoms with Gasteiger partial charge in [-0.15, -0.1) is 0 Å². The minimum atomic E-state index is -3.39. The highest BCUT2D eigenvalue weighted by molar-refractivity contribution is 6.99. The van der Waals surface area contributed by atoms with E-state index >= 15 is 0 Å². The number of hydrogen-bond acceptors (Lipinski definition) is 12. The number of carbonyl (C=O) groups is 5. The van der Waals surface area contributed by atoms with Crippen molar-refractivity contribution in [3.63, 3.8) is 0 Å². The van der Waals surface area contributed by atoms with Gasteiger partial charge in [-0.3, -0.25) is 9.59 Å². The van der Waals surface area contributed by atoms with E-state index in [9.17, 15) is 24.0 Å². The molecule has 6 rings (SSSR count). The van der Waals surface area contributed by atoms with Crippen LogP contribution in [0.3, 0.4) is 0 Å². The highest BCUT2D eigenvalue weighted by Crippen LogP contribution is 2.40. The van der Waals surface area contributed by atoms with E-state index in [2.05, 4.69) is 76.4 Å². The molecule has 1 fully saturated rings. The monoisotopic (exact) mass is 1330 g/mol. The van der Waals surface area contributed by atoms with E-state index in [4.69, 9.17) is 32.8 Å². The second kappa shape index (κ2) is 45.0. The van der Waals surface area contributed by atoms with Gasteiger partial charge in [-0.1, -0.05) is 316 Å². The zero-order valence-electron chi connectivity index (χ0n) is 58.9. The number of benzene rings is 5. The Kier molecular flexibility index (Phi) is 36.7. The summed E-state index contributed by atoms with van der Waals surface area (Å²) in [6.07, 6.45) is 29.9. The van der Waals surface area contributed by atoms with Crippen molar-refractivity contribution in [2.45, 2.75) is 263 Å². The number of rotatable bonds is 47. The van der Waals surface area contributed by atoms with Gasteiger partial charge in [-0.05, 0) is 71.1 Å². The van der Waals surface area contributed by atoms with Gasteiger partial charge in [0.25, 0.3) is 8.32 Å². The van der Waals surface area contributed by atoms with Gasteiger partial charge in [0, 0.05) is 6.42 Å². The number of allylic oxidation sites excluding steroid dienone is 1. The number of methoxy groups -OCH3 is 1. The van der Waals surface area contributed by atoms with Crippen LogP contribution in [0.4, 0.5) is 0 Å². The molecule has 1 aliphatic rings. The fourth-order valence-corrected chi connectivity index (χ4v) is 17.7. The first-order chi connectivity index (χ1) is 46.8. The maximum absolute atomic E-state index is 14.9. The van der Waals surface area contributed by atoms with E-state index < -0.39 is 92.9 Å². The van der Waals surface area contributed by atoms with Crippen LogP contribution in [0.25, 0.3) is 0 Å². The van der Waals surface area contributed by atoms with E-state index in [0.29, 0.717) is 6.42 Å². The lowest BCUT2D eigenvalue weighted by Gasteiger charge is -2.47. The molecule has 14 heteroatoms. The molecule has 0 aliphatic carbocycles. The number of carbonyl (C=O) groups excluding carboxylic acids is 5. The first-order valence-electron chi connectivity index (χ1n) is 36.6. The van der Waals surface area contributed by atoms with Gasteiger partial charge in [-0.2, -0.15) is 0 Å². The molecular formula is C82H115NO12Si. The van der Waals surface area contributed by atoms with Crippen LogP contribution in [0.15, 0.2) is 164 Å². The molecule has 0 unspecified atom stereocenters.